The number of aryl methyl sites for hydroxylation is 2. The average Bonchev–Trinajstić information content (AvgIpc) is 2.70. The Kier molecular flexibility index (Phi) is 5.75. The standard InChI is InChI=1S/C12H22N4O3/c1-4-10(6-7-17)8-13-12-11(16(18)19)9(3)14-15(12)5-2/h10,13,17H,4-8H2,1-3H3. The number of hydrogen-bond acceptors (Lipinski definition) is 5. The van der Waals surface area contributed by atoms with Crippen LogP contribution in [0.15, 0.2) is 0 Å². The number of aromatic nitrogens is 2. The van der Waals surface area contributed by atoms with Gasteiger partial charge in [0.1, 0.15) is 5.69 Å². The van der Waals surface area contributed by atoms with Crippen molar-refractivity contribution in [3.05, 3.63) is 15.8 Å². The zero-order chi connectivity index (χ0) is 14.4. The summed E-state index contributed by atoms with van der Waals surface area (Å²) in [5.41, 5.74) is 0.463. The van der Waals surface area contributed by atoms with Gasteiger partial charge in [-0.3, -0.25) is 10.1 Å². The van der Waals surface area contributed by atoms with Crippen molar-refractivity contribution in [1.82, 2.24) is 9.78 Å². The van der Waals surface area contributed by atoms with Gasteiger partial charge in [-0.15, -0.1) is 0 Å². The van der Waals surface area contributed by atoms with Crippen LogP contribution in [0, 0.1) is 23.0 Å². The molecule has 19 heavy (non-hydrogen) atoms. The normalized spacial score (nSPS) is 12.4. The molecule has 0 saturated heterocycles. The molecular weight excluding hydrogens is 248 g/mol. The van der Waals surface area contributed by atoms with Gasteiger partial charge in [-0.2, -0.15) is 5.10 Å². The third-order valence-electron chi connectivity index (χ3n) is 3.25. The molecule has 108 valence electrons. The highest BCUT2D eigenvalue weighted by Crippen LogP contribution is 2.28. The van der Waals surface area contributed by atoms with Crippen LogP contribution in [0.2, 0.25) is 0 Å². The van der Waals surface area contributed by atoms with Gasteiger partial charge >= 0.3 is 5.69 Å². The fourth-order valence-corrected chi connectivity index (χ4v) is 2.07. The number of anilines is 1. The smallest absolute Gasteiger partial charge is 0.333 e. The second-order valence-corrected chi connectivity index (χ2v) is 4.52. The number of aliphatic hydroxyl groups is 1. The molecular formula is C12H22N4O3. The molecule has 0 aliphatic rings. The molecule has 0 aliphatic carbocycles. The van der Waals surface area contributed by atoms with Crippen molar-refractivity contribution in [2.45, 2.75) is 40.2 Å². The van der Waals surface area contributed by atoms with Crippen molar-refractivity contribution in [3.8, 4) is 0 Å². The van der Waals surface area contributed by atoms with Crippen LogP contribution in [0.3, 0.4) is 0 Å². The largest absolute Gasteiger partial charge is 0.396 e. The maximum Gasteiger partial charge on any atom is 0.333 e. The molecule has 0 radical (unpaired) electrons. The Morgan fingerprint density at radius 2 is 2.21 bits per heavy atom. The number of hydrogen-bond donors (Lipinski definition) is 2. The average molecular weight is 270 g/mol. The topological polar surface area (TPSA) is 93.2 Å². The first-order valence-corrected chi connectivity index (χ1v) is 6.61. The van der Waals surface area contributed by atoms with Gasteiger partial charge in [0.2, 0.25) is 5.82 Å². The highest BCUT2D eigenvalue weighted by molar-refractivity contribution is 5.59. The van der Waals surface area contributed by atoms with E-state index in [4.69, 9.17) is 5.11 Å². The zero-order valence-corrected chi connectivity index (χ0v) is 11.7. The minimum atomic E-state index is -0.399. The lowest BCUT2D eigenvalue weighted by atomic mass is 10.0. The molecule has 0 bridgehead atoms. The van der Waals surface area contributed by atoms with Crippen molar-refractivity contribution >= 4 is 11.5 Å². The Balaban J connectivity index is 2.89. The lowest BCUT2D eigenvalue weighted by Crippen LogP contribution is -2.17. The predicted molar refractivity (Wildman–Crippen MR) is 73.3 cm³/mol. The van der Waals surface area contributed by atoms with Crippen molar-refractivity contribution in [3.63, 3.8) is 0 Å². The Morgan fingerprint density at radius 1 is 1.53 bits per heavy atom. The molecule has 1 aromatic rings. The molecule has 1 atom stereocenters. The first-order valence-electron chi connectivity index (χ1n) is 6.61. The van der Waals surface area contributed by atoms with Crippen LogP contribution in [-0.2, 0) is 6.54 Å². The molecule has 2 N–H and O–H groups in total. The molecule has 7 nitrogen and oxygen atoms in total. The monoisotopic (exact) mass is 270 g/mol. The van der Waals surface area contributed by atoms with Crippen LogP contribution in [0.5, 0.6) is 0 Å². The van der Waals surface area contributed by atoms with E-state index in [1.807, 2.05) is 13.8 Å². The van der Waals surface area contributed by atoms with Crippen molar-refractivity contribution < 1.29 is 10.0 Å². The van der Waals surface area contributed by atoms with E-state index in [0.29, 0.717) is 36.9 Å². The van der Waals surface area contributed by atoms with E-state index in [1.54, 1.807) is 11.6 Å². The van der Waals surface area contributed by atoms with E-state index in [1.165, 1.54) is 0 Å². The number of aliphatic hydroxyl groups excluding tert-OH is 1. The van der Waals surface area contributed by atoms with Crippen molar-refractivity contribution in [2.75, 3.05) is 18.5 Å². The quantitative estimate of drug-likeness (QED) is 0.556. The highest BCUT2D eigenvalue weighted by atomic mass is 16.6. The van der Waals surface area contributed by atoms with Crippen LogP contribution >= 0.6 is 0 Å². The van der Waals surface area contributed by atoms with Gasteiger partial charge in [-0.1, -0.05) is 13.3 Å². The molecule has 0 saturated carbocycles. The molecule has 1 unspecified atom stereocenters. The Hall–Kier alpha value is -1.63. The molecule has 1 heterocycles. The molecule has 0 fully saturated rings. The molecule has 0 spiro atoms. The summed E-state index contributed by atoms with van der Waals surface area (Å²) in [7, 11) is 0. The van der Waals surface area contributed by atoms with Crippen LogP contribution in [0.25, 0.3) is 0 Å². The van der Waals surface area contributed by atoms with E-state index in [9.17, 15) is 10.1 Å². The molecule has 1 rings (SSSR count). The maximum absolute atomic E-state index is 11.1. The minimum Gasteiger partial charge on any atom is -0.396 e. The summed E-state index contributed by atoms with van der Waals surface area (Å²) in [5, 5.41) is 27.3. The second-order valence-electron chi connectivity index (χ2n) is 4.52. The molecule has 7 heteroatoms. The van der Waals surface area contributed by atoms with E-state index >= 15 is 0 Å². The fraction of sp³-hybridized carbons (Fsp3) is 0.750. The predicted octanol–water partition coefficient (Wildman–Crippen LogP) is 1.94. The highest BCUT2D eigenvalue weighted by Gasteiger charge is 2.24. The van der Waals surface area contributed by atoms with E-state index in [-0.39, 0.29) is 12.3 Å². The van der Waals surface area contributed by atoms with Crippen molar-refractivity contribution in [2.24, 2.45) is 5.92 Å². The summed E-state index contributed by atoms with van der Waals surface area (Å²) in [4.78, 5) is 10.7. The van der Waals surface area contributed by atoms with Gasteiger partial charge < -0.3 is 10.4 Å². The zero-order valence-electron chi connectivity index (χ0n) is 11.7. The summed E-state index contributed by atoms with van der Waals surface area (Å²) in [6.07, 6.45) is 1.61. The summed E-state index contributed by atoms with van der Waals surface area (Å²) in [6, 6.07) is 0. The van der Waals surface area contributed by atoms with Gasteiger partial charge in [-0.05, 0) is 26.2 Å². The number of rotatable bonds is 8. The summed E-state index contributed by atoms with van der Waals surface area (Å²) < 4.78 is 1.61. The first kappa shape index (κ1) is 15.4. The lowest BCUT2D eigenvalue weighted by molar-refractivity contribution is -0.384. The number of nitrogens with zero attached hydrogens (tertiary/aromatic N) is 3. The van der Waals surface area contributed by atoms with E-state index in [0.717, 1.165) is 6.42 Å². The second kappa shape index (κ2) is 7.08. The number of nitro groups is 1. The van der Waals surface area contributed by atoms with Crippen molar-refractivity contribution in [1.29, 1.82) is 0 Å². The Labute approximate surface area is 112 Å². The van der Waals surface area contributed by atoms with Crippen LogP contribution in [-0.4, -0.2) is 33.0 Å². The molecule has 1 aromatic heterocycles. The van der Waals surface area contributed by atoms with Gasteiger partial charge in [0.25, 0.3) is 0 Å². The minimum absolute atomic E-state index is 0.0423. The van der Waals surface area contributed by atoms with E-state index in [2.05, 4.69) is 10.4 Å². The summed E-state index contributed by atoms with van der Waals surface area (Å²) in [5.74, 6) is 0.756. The summed E-state index contributed by atoms with van der Waals surface area (Å²) in [6.45, 7) is 6.89. The van der Waals surface area contributed by atoms with E-state index < -0.39 is 4.92 Å². The Bertz CT molecular complexity index is 431. The number of nitrogens with one attached hydrogen (secondary N) is 1. The van der Waals surface area contributed by atoms with Gasteiger partial charge in [0.05, 0.1) is 4.92 Å². The lowest BCUT2D eigenvalue weighted by Gasteiger charge is -2.15. The molecule has 0 aromatic carbocycles. The molecule has 0 aliphatic heterocycles. The molecule has 0 amide bonds. The Morgan fingerprint density at radius 3 is 2.68 bits per heavy atom. The first-order chi connectivity index (χ1) is 9.04. The fourth-order valence-electron chi connectivity index (χ4n) is 2.07. The maximum atomic E-state index is 11.1. The van der Waals surface area contributed by atoms with Crippen LogP contribution in [0.4, 0.5) is 11.5 Å². The van der Waals surface area contributed by atoms with Gasteiger partial charge in [0.15, 0.2) is 0 Å². The third kappa shape index (κ3) is 3.66. The van der Waals surface area contributed by atoms with Crippen LogP contribution in [0.1, 0.15) is 32.4 Å². The SMILES string of the molecule is CCC(CCO)CNc1c([N+](=O)[O-])c(C)nn1CC. The van der Waals surface area contributed by atoms with Gasteiger partial charge in [-0.25, -0.2) is 4.68 Å². The summed E-state index contributed by atoms with van der Waals surface area (Å²) >= 11 is 0. The van der Waals surface area contributed by atoms with Crippen LogP contribution < -0.4 is 5.32 Å². The third-order valence-corrected chi connectivity index (χ3v) is 3.25. The van der Waals surface area contributed by atoms with Gasteiger partial charge in [0, 0.05) is 19.7 Å².